The minimum Gasteiger partial charge on any atom is -0.274 e. The van der Waals surface area contributed by atoms with E-state index in [9.17, 15) is 14.0 Å². The summed E-state index contributed by atoms with van der Waals surface area (Å²) in [5.74, 6) is -1.76. The van der Waals surface area contributed by atoms with Crippen LogP contribution in [-0.2, 0) is 9.59 Å². The lowest BCUT2D eigenvalue weighted by atomic mass is 10.0. The molecule has 1 aliphatic heterocycles. The lowest BCUT2D eigenvalue weighted by molar-refractivity contribution is -0.125. The number of hydrogen-bond acceptors (Lipinski definition) is 3. The molecule has 1 aliphatic carbocycles. The van der Waals surface area contributed by atoms with Crippen molar-refractivity contribution in [1.82, 2.24) is 0 Å². The van der Waals surface area contributed by atoms with Gasteiger partial charge in [-0.25, -0.2) is 9.29 Å². The zero-order chi connectivity index (χ0) is 13.9. The van der Waals surface area contributed by atoms with Crippen molar-refractivity contribution in [3.63, 3.8) is 0 Å². The first-order valence-corrected chi connectivity index (χ1v) is 5.97. The first-order valence-electron chi connectivity index (χ1n) is 5.97. The summed E-state index contributed by atoms with van der Waals surface area (Å²) in [6, 6.07) is 5.30. The molecular formula is C14H11FN2O2. The van der Waals surface area contributed by atoms with E-state index in [1.165, 1.54) is 6.07 Å². The normalized spacial score (nSPS) is 27.2. The third-order valence-corrected chi connectivity index (χ3v) is 4.12. The van der Waals surface area contributed by atoms with Crippen LogP contribution in [-0.4, -0.2) is 11.8 Å². The summed E-state index contributed by atoms with van der Waals surface area (Å²) in [6.07, 6.45) is 0. The van der Waals surface area contributed by atoms with Gasteiger partial charge in [0, 0.05) is 0 Å². The predicted octanol–water partition coefficient (Wildman–Crippen LogP) is 1.84. The molecular weight excluding hydrogens is 247 g/mol. The van der Waals surface area contributed by atoms with Crippen molar-refractivity contribution in [3.8, 4) is 6.07 Å². The van der Waals surface area contributed by atoms with Crippen molar-refractivity contribution >= 4 is 17.5 Å². The Kier molecular flexibility index (Phi) is 2.13. The van der Waals surface area contributed by atoms with Crippen LogP contribution in [0.3, 0.4) is 0 Å². The second-order valence-electron chi connectivity index (χ2n) is 5.56. The molecule has 0 spiro atoms. The predicted molar refractivity (Wildman–Crippen MR) is 64.4 cm³/mol. The summed E-state index contributed by atoms with van der Waals surface area (Å²) < 4.78 is 13.1. The van der Waals surface area contributed by atoms with Crippen molar-refractivity contribution in [2.75, 3.05) is 4.90 Å². The van der Waals surface area contributed by atoms with Crippen LogP contribution >= 0.6 is 0 Å². The van der Waals surface area contributed by atoms with Gasteiger partial charge in [-0.15, -0.1) is 0 Å². The Balaban J connectivity index is 2.05. The molecule has 0 aromatic heterocycles. The van der Waals surface area contributed by atoms with E-state index in [0.29, 0.717) is 0 Å². The van der Waals surface area contributed by atoms with Crippen LogP contribution in [0, 0.1) is 34.4 Å². The molecule has 0 radical (unpaired) electrons. The number of imide groups is 1. The highest BCUT2D eigenvalue weighted by Gasteiger charge is 2.72. The van der Waals surface area contributed by atoms with Crippen molar-refractivity contribution in [1.29, 1.82) is 5.26 Å². The number of hydrogen-bond donors (Lipinski definition) is 0. The Morgan fingerprint density at radius 2 is 1.84 bits per heavy atom. The highest BCUT2D eigenvalue weighted by Crippen LogP contribution is 2.63. The Morgan fingerprint density at radius 1 is 1.26 bits per heavy atom. The number of piperidine rings is 1. The molecule has 2 amide bonds. The number of anilines is 1. The number of carbonyl (C=O) groups is 2. The summed E-state index contributed by atoms with van der Waals surface area (Å²) in [4.78, 5) is 25.5. The summed E-state index contributed by atoms with van der Waals surface area (Å²) >= 11 is 0. The van der Waals surface area contributed by atoms with Crippen molar-refractivity contribution in [2.45, 2.75) is 13.8 Å². The molecule has 0 bridgehead atoms. The fraction of sp³-hybridized carbons (Fsp3) is 0.357. The summed E-state index contributed by atoms with van der Waals surface area (Å²) in [6.45, 7) is 3.76. The van der Waals surface area contributed by atoms with Crippen LogP contribution in [0.5, 0.6) is 0 Å². The smallest absolute Gasteiger partial charge is 0.238 e. The van der Waals surface area contributed by atoms with Crippen molar-refractivity contribution in [2.24, 2.45) is 17.3 Å². The quantitative estimate of drug-likeness (QED) is 0.722. The third kappa shape index (κ3) is 1.37. The van der Waals surface area contributed by atoms with Crippen LogP contribution in [0.25, 0.3) is 0 Å². The van der Waals surface area contributed by atoms with Gasteiger partial charge in [0.15, 0.2) is 0 Å². The molecule has 1 aromatic carbocycles. The first-order chi connectivity index (χ1) is 8.89. The van der Waals surface area contributed by atoms with Crippen LogP contribution in [0.4, 0.5) is 10.1 Å². The molecule has 96 valence electrons. The topological polar surface area (TPSA) is 61.2 Å². The summed E-state index contributed by atoms with van der Waals surface area (Å²) in [5, 5.41) is 8.99. The van der Waals surface area contributed by atoms with E-state index in [1.54, 1.807) is 0 Å². The molecule has 1 aromatic rings. The van der Waals surface area contributed by atoms with Crippen molar-refractivity contribution < 1.29 is 14.0 Å². The summed E-state index contributed by atoms with van der Waals surface area (Å²) in [5.41, 5.74) is -0.111. The summed E-state index contributed by atoms with van der Waals surface area (Å²) in [7, 11) is 0. The van der Waals surface area contributed by atoms with E-state index in [0.717, 1.165) is 17.0 Å². The Morgan fingerprint density at radius 3 is 2.37 bits per heavy atom. The number of rotatable bonds is 1. The van der Waals surface area contributed by atoms with Gasteiger partial charge in [0.25, 0.3) is 0 Å². The highest BCUT2D eigenvalue weighted by atomic mass is 19.1. The van der Waals surface area contributed by atoms with Gasteiger partial charge in [-0.2, -0.15) is 5.26 Å². The van der Waals surface area contributed by atoms with Gasteiger partial charge in [0.2, 0.25) is 11.8 Å². The Labute approximate surface area is 109 Å². The third-order valence-electron chi connectivity index (χ3n) is 4.12. The van der Waals surface area contributed by atoms with Gasteiger partial charge in [0.1, 0.15) is 11.9 Å². The molecule has 2 atom stereocenters. The average Bonchev–Trinajstić information content (AvgIpc) is 2.81. The molecule has 1 heterocycles. The maximum Gasteiger partial charge on any atom is 0.238 e. The van der Waals surface area contributed by atoms with E-state index in [1.807, 2.05) is 19.9 Å². The van der Waals surface area contributed by atoms with E-state index in [4.69, 9.17) is 5.26 Å². The number of carbonyl (C=O) groups excluding carboxylic acids is 2. The van der Waals surface area contributed by atoms with Gasteiger partial charge in [-0.05, 0) is 23.6 Å². The lowest BCUT2D eigenvalue weighted by Crippen LogP contribution is -2.36. The van der Waals surface area contributed by atoms with E-state index in [-0.39, 0.29) is 40.3 Å². The largest absolute Gasteiger partial charge is 0.274 e. The number of halogens is 1. The maximum atomic E-state index is 13.1. The van der Waals surface area contributed by atoms with Crippen LogP contribution in [0.15, 0.2) is 18.2 Å². The average molecular weight is 258 g/mol. The van der Waals surface area contributed by atoms with Crippen LogP contribution in [0.2, 0.25) is 0 Å². The SMILES string of the molecule is CC1(C)C2C(=O)N(c3ccc(F)cc3C#N)C(=O)C21. The fourth-order valence-electron chi connectivity index (χ4n) is 2.98. The molecule has 19 heavy (non-hydrogen) atoms. The fourth-order valence-corrected chi connectivity index (χ4v) is 2.98. The molecule has 4 nitrogen and oxygen atoms in total. The number of nitriles is 1. The Bertz CT molecular complexity index is 636. The van der Waals surface area contributed by atoms with E-state index < -0.39 is 5.82 Å². The first kappa shape index (κ1) is 11.8. The molecule has 1 saturated heterocycles. The minimum atomic E-state index is -0.565. The number of benzene rings is 1. The molecule has 5 heteroatoms. The van der Waals surface area contributed by atoms with E-state index in [2.05, 4.69) is 0 Å². The van der Waals surface area contributed by atoms with Crippen LogP contribution < -0.4 is 4.90 Å². The minimum absolute atomic E-state index is 0.000746. The second-order valence-corrected chi connectivity index (χ2v) is 5.56. The van der Waals surface area contributed by atoms with Gasteiger partial charge in [-0.3, -0.25) is 9.59 Å². The number of nitrogens with zero attached hydrogens (tertiary/aromatic N) is 2. The Hall–Kier alpha value is -2.22. The lowest BCUT2D eigenvalue weighted by Gasteiger charge is -2.21. The van der Waals surface area contributed by atoms with Crippen molar-refractivity contribution in [3.05, 3.63) is 29.6 Å². The van der Waals surface area contributed by atoms with E-state index >= 15 is 0 Å². The molecule has 0 N–H and O–H groups in total. The van der Waals surface area contributed by atoms with Gasteiger partial charge >= 0.3 is 0 Å². The zero-order valence-electron chi connectivity index (χ0n) is 10.5. The van der Waals surface area contributed by atoms with Gasteiger partial charge in [-0.1, -0.05) is 13.8 Å². The number of amides is 2. The molecule has 2 fully saturated rings. The van der Waals surface area contributed by atoms with Crippen LogP contribution in [0.1, 0.15) is 19.4 Å². The number of fused-ring (bicyclic) bond motifs is 1. The molecule has 1 saturated carbocycles. The molecule has 2 aliphatic rings. The molecule has 2 unspecified atom stereocenters. The van der Waals surface area contributed by atoms with Gasteiger partial charge < -0.3 is 0 Å². The monoisotopic (exact) mass is 258 g/mol. The molecule has 3 rings (SSSR count). The maximum absolute atomic E-state index is 13.1. The van der Waals surface area contributed by atoms with Gasteiger partial charge in [0.05, 0.1) is 23.1 Å². The second kappa shape index (κ2) is 3.41. The highest BCUT2D eigenvalue weighted by molar-refractivity contribution is 6.26. The standard InChI is InChI=1S/C14H11FN2O2/c1-14(2)10-11(14)13(19)17(12(10)18)9-4-3-8(15)5-7(9)6-16/h3-5,10-11H,1-2H3. The zero-order valence-corrected chi connectivity index (χ0v) is 10.5.